The van der Waals surface area contributed by atoms with Crippen molar-refractivity contribution >= 4 is 0 Å². The first kappa shape index (κ1) is 18.3. The van der Waals surface area contributed by atoms with Gasteiger partial charge >= 0.3 is 0 Å². The van der Waals surface area contributed by atoms with E-state index in [1.165, 1.54) is 57.8 Å². The average Bonchev–Trinajstić information content (AvgIpc) is 2.56. The SMILES string of the molecule is CCCCCCC[C@H]1CC[C@@H]([C@@H]2CCC[C@@H](CCC)C2)CC1. The van der Waals surface area contributed by atoms with Crippen LogP contribution < -0.4 is 0 Å². The van der Waals surface area contributed by atoms with Gasteiger partial charge in [0.15, 0.2) is 0 Å². The second kappa shape index (κ2) is 10.7. The molecule has 130 valence electrons. The van der Waals surface area contributed by atoms with Crippen LogP contribution in [-0.2, 0) is 0 Å². The maximum Gasteiger partial charge on any atom is -0.0383 e. The molecule has 0 unspecified atom stereocenters. The summed E-state index contributed by atoms with van der Waals surface area (Å²) in [5.41, 5.74) is 0. The van der Waals surface area contributed by atoms with Gasteiger partial charge in [-0.15, -0.1) is 0 Å². The molecule has 0 aromatic heterocycles. The second-order valence-corrected chi connectivity index (χ2v) is 8.57. The zero-order chi connectivity index (χ0) is 15.6. The fourth-order valence-corrected chi connectivity index (χ4v) is 5.42. The summed E-state index contributed by atoms with van der Waals surface area (Å²) in [6.07, 6.45) is 24.3. The summed E-state index contributed by atoms with van der Waals surface area (Å²) in [7, 11) is 0. The molecule has 0 amide bonds. The first-order valence-corrected chi connectivity index (χ1v) is 10.8. The van der Waals surface area contributed by atoms with Gasteiger partial charge in [0.25, 0.3) is 0 Å². The Kier molecular flexibility index (Phi) is 8.93. The van der Waals surface area contributed by atoms with Crippen molar-refractivity contribution in [2.75, 3.05) is 0 Å². The normalized spacial score (nSPS) is 33.0. The van der Waals surface area contributed by atoms with Crippen LogP contribution in [0.2, 0.25) is 0 Å². The van der Waals surface area contributed by atoms with Gasteiger partial charge in [0, 0.05) is 0 Å². The molecular weight excluding hydrogens is 264 g/mol. The van der Waals surface area contributed by atoms with Crippen molar-refractivity contribution in [2.45, 2.75) is 117 Å². The minimum absolute atomic E-state index is 1.08. The summed E-state index contributed by atoms with van der Waals surface area (Å²) in [6.45, 7) is 4.69. The van der Waals surface area contributed by atoms with Crippen molar-refractivity contribution in [1.29, 1.82) is 0 Å². The lowest BCUT2D eigenvalue weighted by atomic mass is 9.67. The minimum atomic E-state index is 1.08. The molecule has 0 aromatic rings. The Bertz CT molecular complexity index is 259. The van der Waals surface area contributed by atoms with Crippen molar-refractivity contribution in [3.05, 3.63) is 0 Å². The molecule has 0 aromatic carbocycles. The van der Waals surface area contributed by atoms with Gasteiger partial charge in [-0.25, -0.2) is 0 Å². The van der Waals surface area contributed by atoms with E-state index in [-0.39, 0.29) is 0 Å². The minimum Gasteiger partial charge on any atom is -0.0654 e. The molecule has 0 radical (unpaired) electrons. The van der Waals surface area contributed by atoms with Crippen molar-refractivity contribution < 1.29 is 0 Å². The van der Waals surface area contributed by atoms with Gasteiger partial charge in [-0.2, -0.15) is 0 Å². The molecular formula is C22H42. The molecule has 0 heterocycles. The van der Waals surface area contributed by atoms with E-state index in [9.17, 15) is 0 Å². The Balaban J connectivity index is 1.60. The van der Waals surface area contributed by atoms with Gasteiger partial charge in [-0.1, -0.05) is 97.3 Å². The fraction of sp³-hybridized carbons (Fsp3) is 1.00. The molecule has 0 aliphatic heterocycles. The summed E-state index contributed by atoms with van der Waals surface area (Å²) in [5.74, 6) is 4.39. The van der Waals surface area contributed by atoms with Crippen molar-refractivity contribution in [3.8, 4) is 0 Å². The molecule has 0 heteroatoms. The topological polar surface area (TPSA) is 0 Å². The molecule has 22 heavy (non-hydrogen) atoms. The van der Waals surface area contributed by atoms with Crippen LogP contribution in [0.1, 0.15) is 117 Å². The zero-order valence-electron chi connectivity index (χ0n) is 15.6. The highest BCUT2D eigenvalue weighted by atomic mass is 14.4. The Morgan fingerprint density at radius 2 is 1.36 bits per heavy atom. The zero-order valence-corrected chi connectivity index (χ0v) is 15.6. The first-order chi connectivity index (χ1) is 10.8. The summed E-state index contributed by atoms with van der Waals surface area (Å²) in [4.78, 5) is 0. The fourth-order valence-electron chi connectivity index (χ4n) is 5.42. The molecule has 2 aliphatic carbocycles. The third kappa shape index (κ3) is 6.25. The highest BCUT2D eigenvalue weighted by Gasteiger charge is 2.30. The van der Waals surface area contributed by atoms with Crippen LogP contribution in [0.3, 0.4) is 0 Å². The lowest BCUT2D eigenvalue weighted by molar-refractivity contribution is 0.133. The van der Waals surface area contributed by atoms with Gasteiger partial charge < -0.3 is 0 Å². The Hall–Kier alpha value is 0. The summed E-state index contributed by atoms with van der Waals surface area (Å²) >= 11 is 0. The lowest BCUT2D eigenvalue weighted by Gasteiger charge is -2.38. The number of rotatable bonds is 9. The second-order valence-electron chi connectivity index (χ2n) is 8.57. The monoisotopic (exact) mass is 306 g/mol. The number of unbranched alkanes of at least 4 members (excludes halogenated alkanes) is 4. The molecule has 2 atom stereocenters. The van der Waals surface area contributed by atoms with E-state index in [4.69, 9.17) is 0 Å². The summed E-state index contributed by atoms with van der Waals surface area (Å²) < 4.78 is 0. The van der Waals surface area contributed by atoms with E-state index in [1.807, 2.05) is 0 Å². The molecule has 0 spiro atoms. The Morgan fingerprint density at radius 1 is 0.591 bits per heavy atom. The van der Waals surface area contributed by atoms with E-state index in [0.29, 0.717) is 0 Å². The molecule has 2 aliphatic rings. The van der Waals surface area contributed by atoms with Crippen LogP contribution in [0.15, 0.2) is 0 Å². The van der Waals surface area contributed by atoms with Crippen LogP contribution in [0.4, 0.5) is 0 Å². The smallest absolute Gasteiger partial charge is 0.0383 e. The first-order valence-electron chi connectivity index (χ1n) is 10.8. The van der Waals surface area contributed by atoms with Crippen LogP contribution in [0.25, 0.3) is 0 Å². The predicted octanol–water partition coefficient (Wildman–Crippen LogP) is 7.76. The van der Waals surface area contributed by atoms with Crippen LogP contribution >= 0.6 is 0 Å². The van der Waals surface area contributed by atoms with Crippen molar-refractivity contribution in [3.63, 3.8) is 0 Å². The Morgan fingerprint density at radius 3 is 2.09 bits per heavy atom. The maximum absolute atomic E-state index is 2.37. The van der Waals surface area contributed by atoms with Crippen molar-refractivity contribution in [1.82, 2.24) is 0 Å². The van der Waals surface area contributed by atoms with Gasteiger partial charge in [0.05, 0.1) is 0 Å². The van der Waals surface area contributed by atoms with Gasteiger partial charge in [-0.3, -0.25) is 0 Å². The lowest BCUT2D eigenvalue weighted by Crippen LogP contribution is -2.26. The van der Waals surface area contributed by atoms with Gasteiger partial charge in [0.2, 0.25) is 0 Å². The number of hydrogen-bond acceptors (Lipinski definition) is 0. The van der Waals surface area contributed by atoms with Crippen LogP contribution in [0.5, 0.6) is 0 Å². The van der Waals surface area contributed by atoms with E-state index in [2.05, 4.69) is 13.8 Å². The van der Waals surface area contributed by atoms with Gasteiger partial charge in [-0.05, 0) is 42.9 Å². The van der Waals surface area contributed by atoms with Crippen LogP contribution in [0, 0.1) is 23.7 Å². The maximum atomic E-state index is 2.37. The van der Waals surface area contributed by atoms with E-state index in [0.717, 1.165) is 23.7 Å². The third-order valence-corrected chi connectivity index (χ3v) is 6.79. The van der Waals surface area contributed by atoms with Crippen molar-refractivity contribution in [2.24, 2.45) is 23.7 Å². The standard InChI is InChI=1S/C22H42/c1-3-5-6-7-8-11-19-14-16-21(17-15-19)22-13-9-12-20(18-22)10-4-2/h19-22H,3-18H2,1-2H3/t19-,20-,21+,22-/m1/s1. The summed E-state index contributed by atoms with van der Waals surface area (Å²) in [5, 5.41) is 0. The molecule has 0 saturated heterocycles. The van der Waals surface area contributed by atoms with Crippen LogP contribution in [-0.4, -0.2) is 0 Å². The summed E-state index contributed by atoms with van der Waals surface area (Å²) in [6, 6.07) is 0. The quantitative estimate of drug-likeness (QED) is 0.382. The highest BCUT2D eigenvalue weighted by molar-refractivity contribution is 4.82. The highest BCUT2D eigenvalue weighted by Crippen LogP contribution is 2.43. The molecule has 0 N–H and O–H groups in total. The predicted molar refractivity (Wildman–Crippen MR) is 99.2 cm³/mol. The van der Waals surface area contributed by atoms with E-state index in [1.54, 1.807) is 44.9 Å². The molecule has 0 bridgehead atoms. The van der Waals surface area contributed by atoms with E-state index < -0.39 is 0 Å². The number of hydrogen-bond donors (Lipinski definition) is 0. The van der Waals surface area contributed by atoms with E-state index >= 15 is 0 Å². The Labute approximate surface area is 140 Å². The molecule has 2 saturated carbocycles. The third-order valence-electron chi connectivity index (χ3n) is 6.79. The average molecular weight is 307 g/mol. The molecule has 0 nitrogen and oxygen atoms in total. The molecule has 2 rings (SSSR count). The van der Waals surface area contributed by atoms with Gasteiger partial charge in [0.1, 0.15) is 0 Å². The molecule has 2 fully saturated rings. The largest absolute Gasteiger partial charge is 0.0654 e.